The second kappa shape index (κ2) is 8.93. The maximum absolute atomic E-state index is 13.3. The van der Waals surface area contributed by atoms with Gasteiger partial charge in [0.05, 0.1) is 24.3 Å². The van der Waals surface area contributed by atoms with Gasteiger partial charge in [-0.2, -0.15) is 5.26 Å². The number of carbonyl (C=O) groups is 2. The highest BCUT2D eigenvalue weighted by molar-refractivity contribution is 6.00. The maximum Gasteiger partial charge on any atom is 0.338 e. The van der Waals surface area contributed by atoms with E-state index in [0.29, 0.717) is 41.6 Å². The third-order valence-corrected chi connectivity index (χ3v) is 6.87. The molecule has 1 saturated carbocycles. The van der Waals surface area contributed by atoms with Crippen LogP contribution in [0, 0.1) is 18.3 Å². The highest BCUT2D eigenvalue weighted by Crippen LogP contribution is 2.39. The Morgan fingerprint density at radius 2 is 1.68 bits per heavy atom. The van der Waals surface area contributed by atoms with Gasteiger partial charge in [-0.05, 0) is 79.3 Å². The van der Waals surface area contributed by atoms with E-state index in [1.807, 2.05) is 42.2 Å². The Labute approximate surface area is 183 Å². The Kier molecular flexibility index (Phi) is 6.08. The minimum Gasteiger partial charge on any atom is -0.465 e. The van der Waals surface area contributed by atoms with Gasteiger partial charge in [-0.15, -0.1) is 0 Å². The fourth-order valence-corrected chi connectivity index (χ4v) is 4.72. The standard InChI is InChI=1S/C26H28N2O3/c1-17-14-23(21-4-3-5-21)24(26(30)31-2)15-22(17)25(29)28-12-10-20(11-13-28)19-8-6-18(16-27)7-9-19/h6-9,14-15,20-21H,3-5,10-13H2,1-2H3. The SMILES string of the molecule is COC(=O)c1cc(C(=O)N2CCC(c3ccc(C#N)cc3)CC2)c(C)cc1C1CCC1. The van der Waals surface area contributed by atoms with Crippen molar-refractivity contribution in [2.45, 2.75) is 50.9 Å². The smallest absolute Gasteiger partial charge is 0.338 e. The Balaban J connectivity index is 1.50. The van der Waals surface area contributed by atoms with Crippen molar-refractivity contribution in [2.75, 3.05) is 20.2 Å². The summed E-state index contributed by atoms with van der Waals surface area (Å²) in [5.41, 5.74) is 4.97. The number of hydrogen-bond donors (Lipinski definition) is 0. The molecule has 0 N–H and O–H groups in total. The molecule has 0 atom stereocenters. The van der Waals surface area contributed by atoms with Gasteiger partial charge >= 0.3 is 5.97 Å². The molecule has 0 spiro atoms. The molecule has 1 amide bonds. The van der Waals surface area contributed by atoms with Crippen molar-refractivity contribution in [1.82, 2.24) is 4.90 Å². The number of benzene rings is 2. The fourth-order valence-electron chi connectivity index (χ4n) is 4.72. The predicted octanol–water partition coefficient (Wildman–Crippen LogP) is 4.94. The molecule has 0 aromatic heterocycles. The maximum atomic E-state index is 13.3. The van der Waals surface area contributed by atoms with Crippen LogP contribution in [-0.4, -0.2) is 37.0 Å². The lowest BCUT2D eigenvalue weighted by Gasteiger charge is -2.33. The highest BCUT2D eigenvalue weighted by Gasteiger charge is 2.30. The summed E-state index contributed by atoms with van der Waals surface area (Å²) in [6, 6.07) is 13.7. The number of hydrogen-bond acceptors (Lipinski definition) is 4. The molecule has 5 heteroatoms. The van der Waals surface area contributed by atoms with E-state index >= 15 is 0 Å². The predicted molar refractivity (Wildman–Crippen MR) is 118 cm³/mol. The van der Waals surface area contributed by atoms with Crippen molar-refractivity contribution < 1.29 is 14.3 Å². The third-order valence-electron chi connectivity index (χ3n) is 6.87. The molecule has 0 radical (unpaired) electrons. The number of aryl methyl sites for hydroxylation is 1. The second-order valence-electron chi connectivity index (χ2n) is 8.67. The lowest BCUT2D eigenvalue weighted by molar-refractivity contribution is 0.0598. The van der Waals surface area contributed by atoms with E-state index in [2.05, 4.69) is 6.07 Å². The van der Waals surface area contributed by atoms with Gasteiger partial charge in [0, 0.05) is 18.7 Å². The summed E-state index contributed by atoms with van der Waals surface area (Å²) in [6.45, 7) is 3.32. The largest absolute Gasteiger partial charge is 0.465 e. The van der Waals surface area contributed by atoms with Gasteiger partial charge in [-0.3, -0.25) is 4.79 Å². The Morgan fingerprint density at radius 1 is 1.00 bits per heavy atom. The van der Waals surface area contributed by atoms with Crippen LogP contribution in [0.2, 0.25) is 0 Å². The number of nitrogens with zero attached hydrogens (tertiary/aromatic N) is 2. The summed E-state index contributed by atoms with van der Waals surface area (Å²) in [7, 11) is 1.39. The molecule has 2 aromatic carbocycles. The van der Waals surface area contributed by atoms with Crippen molar-refractivity contribution in [2.24, 2.45) is 0 Å². The van der Waals surface area contributed by atoms with Gasteiger partial charge < -0.3 is 9.64 Å². The number of piperidine rings is 1. The molecule has 4 rings (SSSR count). The van der Waals surface area contributed by atoms with Gasteiger partial charge in [0.15, 0.2) is 0 Å². The van der Waals surface area contributed by atoms with E-state index in [-0.39, 0.29) is 11.9 Å². The summed E-state index contributed by atoms with van der Waals surface area (Å²) in [6.07, 6.45) is 5.12. The topological polar surface area (TPSA) is 70.4 Å². The molecule has 1 aliphatic heterocycles. The van der Waals surface area contributed by atoms with Crippen LogP contribution in [-0.2, 0) is 4.74 Å². The first kappa shape index (κ1) is 21.1. The molecular formula is C26H28N2O3. The van der Waals surface area contributed by atoms with Crippen molar-refractivity contribution in [3.05, 3.63) is 69.8 Å². The molecule has 5 nitrogen and oxygen atoms in total. The molecule has 0 unspecified atom stereocenters. The second-order valence-corrected chi connectivity index (χ2v) is 8.67. The third kappa shape index (κ3) is 4.20. The number of likely N-dealkylation sites (tertiary alicyclic amines) is 1. The average molecular weight is 417 g/mol. The zero-order valence-electron chi connectivity index (χ0n) is 18.2. The summed E-state index contributed by atoms with van der Waals surface area (Å²) in [5, 5.41) is 8.98. The van der Waals surface area contributed by atoms with Crippen LogP contribution < -0.4 is 0 Å². The van der Waals surface area contributed by atoms with Crippen molar-refractivity contribution in [3.8, 4) is 6.07 Å². The minimum absolute atomic E-state index is 0.0129. The lowest BCUT2D eigenvalue weighted by atomic mass is 9.77. The van der Waals surface area contributed by atoms with Crippen LogP contribution in [0.3, 0.4) is 0 Å². The van der Waals surface area contributed by atoms with Crippen LogP contribution in [0.1, 0.15) is 86.9 Å². The molecule has 2 fully saturated rings. The number of ether oxygens (including phenoxy) is 1. The van der Waals surface area contributed by atoms with Gasteiger partial charge in [0.1, 0.15) is 0 Å². The van der Waals surface area contributed by atoms with Crippen LogP contribution in [0.4, 0.5) is 0 Å². The number of carbonyl (C=O) groups excluding carboxylic acids is 2. The molecule has 1 saturated heterocycles. The van der Waals surface area contributed by atoms with E-state index < -0.39 is 0 Å². The van der Waals surface area contributed by atoms with Crippen molar-refractivity contribution >= 4 is 11.9 Å². The number of amides is 1. The zero-order valence-corrected chi connectivity index (χ0v) is 18.2. The quantitative estimate of drug-likeness (QED) is 0.662. The van der Waals surface area contributed by atoms with Gasteiger partial charge in [0.2, 0.25) is 0 Å². The van der Waals surface area contributed by atoms with Gasteiger partial charge in [0.25, 0.3) is 5.91 Å². The molecule has 1 aliphatic carbocycles. The molecule has 31 heavy (non-hydrogen) atoms. The highest BCUT2D eigenvalue weighted by atomic mass is 16.5. The summed E-state index contributed by atoms with van der Waals surface area (Å²) in [4.78, 5) is 27.6. The first-order valence-electron chi connectivity index (χ1n) is 11.0. The molecule has 160 valence electrons. The van der Waals surface area contributed by atoms with Crippen LogP contribution >= 0.6 is 0 Å². The Morgan fingerprint density at radius 3 is 2.23 bits per heavy atom. The normalized spacial score (nSPS) is 17.0. The summed E-state index contributed by atoms with van der Waals surface area (Å²) < 4.78 is 5.01. The summed E-state index contributed by atoms with van der Waals surface area (Å²) in [5.74, 6) is 0.404. The molecule has 2 aliphatic rings. The number of esters is 1. The average Bonchev–Trinajstić information content (AvgIpc) is 2.77. The summed E-state index contributed by atoms with van der Waals surface area (Å²) >= 11 is 0. The number of methoxy groups -OCH3 is 1. The van der Waals surface area contributed by atoms with E-state index in [0.717, 1.165) is 36.8 Å². The molecular weight excluding hydrogens is 388 g/mol. The Bertz CT molecular complexity index is 1020. The van der Waals surface area contributed by atoms with Gasteiger partial charge in [-0.1, -0.05) is 24.6 Å². The fraction of sp³-hybridized carbons (Fsp3) is 0.423. The number of nitriles is 1. The first-order valence-corrected chi connectivity index (χ1v) is 11.0. The Hall–Kier alpha value is -3.13. The van der Waals surface area contributed by atoms with Gasteiger partial charge in [-0.25, -0.2) is 4.79 Å². The van der Waals surface area contributed by atoms with Crippen molar-refractivity contribution in [1.29, 1.82) is 5.26 Å². The minimum atomic E-state index is -0.365. The lowest BCUT2D eigenvalue weighted by Crippen LogP contribution is -2.38. The number of rotatable bonds is 4. The van der Waals surface area contributed by atoms with E-state index in [1.165, 1.54) is 19.1 Å². The van der Waals surface area contributed by atoms with Crippen LogP contribution in [0.15, 0.2) is 36.4 Å². The van der Waals surface area contributed by atoms with Crippen LogP contribution in [0.25, 0.3) is 0 Å². The van der Waals surface area contributed by atoms with Crippen LogP contribution in [0.5, 0.6) is 0 Å². The molecule has 0 bridgehead atoms. The van der Waals surface area contributed by atoms with Crippen molar-refractivity contribution in [3.63, 3.8) is 0 Å². The van der Waals surface area contributed by atoms with E-state index in [1.54, 1.807) is 6.07 Å². The first-order chi connectivity index (χ1) is 15.0. The monoisotopic (exact) mass is 416 g/mol. The van der Waals surface area contributed by atoms with E-state index in [9.17, 15) is 9.59 Å². The molecule has 1 heterocycles. The molecule has 2 aromatic rings. The zero-order chi connectivity index (χ0) is 22.0. The van der Waals surface area contributed by atoms with E-state index in [4.69, 9.17) is 10.00 Å².